The Morgan fingerprint density at radius 1 is 1.23 bits per heavy atom. The van der Waals surface area contributed by atoms with Gasteiger partial charge in [-0.05, 0) is 49.3 Å². The second-order valence-corrected chi connectivity index (χ2v) is 8.97. The van der Waals surface area contributed by atoms with E-state index in [1.165, 1.54) is 12.1 Å². The van der Waals surface area contributed by atoms with Crippen molar-refractivity contribution in [2.75, 3.05) is 6.54 Å². The molecule has 0 unspecified atom stereocenters. The van der Waals surface area contributed by atoms with Crippen LogP contribution in [0.4, 0.5) is 8.78 Å². The zero-order chi connectivity index (χ0) is 22.1. The smallest absolute Gasteiger partial charge is 0.276 e. The van der Waals surface area contributed by atoms with Crippen LogP contribution in [0, 0.1) is 23.5 Å². The Kier molecular flexibility index (Phi) is 6.07. The lowest BCUT2D eigenvalue weighted by atomic mass is 9.91. The van der Waals surface area contributed by atoms with Gasteiger partial charge in [0.1, 0.15) is 6.04 Å². The Balaban J connectivity index is 1.59. The summed E-state index contributed by atoms with van der Waals surface area (Å²) < 4.78 is 32.0. The Bertz CT molecular complexity index is 969. The summed E-state index contributed by atoms with van der Waals surface area (Å²) >= 11 is 0. The van der Waals surface area contributed by atoms with Gasteiger partial charge in [0.25, 0.3) is 5.91 Å². The minimum absolute atomic E-state index is 0.0494. The third-order valence-electron chi connectivity index (χ3n) is 6.26. The first-order valence-electron chi connectivity index (χ1n) is 10.9. The number of hydrogen-bond acceptors (Lipinski definition) is 4. The molecule has 1 aliphatic carbocycles. The standard InChI is InChI=1S/C23H27F2N3O3/c1-13(2)9-20-22(29)26-19(14-5-3-4-6-14)12-28(20)23(30)18-11-21(31-27-18)15-7-8-16(24)17(25)10-15/h7-8,10-11,13-14,19-20H,3-6,9,12H2,1-2H3,(H,26,29)/t19-,20+/m1/s1. The average molecular weight is 431 g/mol. The van der Waals surface area contributed by atoms with E-state index in [1.807, 2.05) is 13.8 Å². The molecule has 2 aliphatic rings. The number of nitrogens with zero attached hydrogens (tertiary/aromatic N) is 2. The third kappa shape index (κ3) is 4.48. The number of rotatable bonds is 5. The first-order chi connectivity index (χ1) is 14.8. The summed E-state index contributed by atoms with van der Waals surface area (Å²) in [6.45, 7) is 4.45. The molecule has 0 radical (unpaired) electrons. The number of halogens is 2. The van der Waals surface area contributed by atoms with Crippen molar-refractivity contribution in [1.29, 1.82) is 0 Å². The molecule has 2 aromatic rings. The Labute approximate surface area is 180 Å². The number of carbonyl (C=O) groups excluding carboxylic acids is 2. The average Bonchev–Trinajstić information content (AvgIpc) is 3.43. The van der Waals surface area contributed by atoms with Crippen LogP contribution in [-0.2, 0) is 4.79 Å². The van der Waals surface area contributed by atoms with Crippen LogP contribution in [0.5, 0.6) is 0 Å². The van der Waals surface area contributed by atoms with Gasteiger partial charge in [-0.2, -0.15) is 0 Å². The monoisotopic (exact) mass is 431 g/mol. The molecule has 2 heterocycles. The van der Waals surface area contributed by atoms with Gasteiger partial charge in [0.15, 0.2) is 23.1 Å². The summed E-state index contributed by atoms with van der Waals surface area (Å²) in [5.74, 6) is -1.73. The molecule has 1 aromatic carbocycles. The predicted molar refractivity (Wildman–Crippen MR) is 110 cm³/mol. The predicted octanol–water partition coefficient (Wildman–Crippen LogP) is 4.17. The van der Waals surface area contributed by atoms with E-state index in [9.17, 15) is 18.4 Å². The van der Waals surface area contributed by atoms with E-state index in [4.69, 9.17) is 4.52 Å². The molecule has 166 valence electrons. The molecule has 2 atom stereocenters. The van der Waals surface area contributed by atoms with E-state index in [-0.39, 0.29) is 40.8 Å². The molecule has 1 aromatic heterocycles. The van der Waals surface area contributed by atoms with Crippen LogP contribution in [0.15, 0.2) is 28.8 Å². The molecule has 0 spiro atoms. The van der Waals surface area contributed by atoms with Gasteiger partial charge in [0.2, 0.25) is 5.91 Å². The number of amides is 2. The van der Waals surface area contributed by atoms with Gasteiger partial charge in [0.05, 0.1) is 0 Å². The highest BCUT2D eigenvalue weighted by Gasteiger charge is 2.41. The fourth-order valence-electron chi connectivity index (χ4n) is 4.65. The van der Waals surface area contributed by atoms with Gasteiger partial charge in [0, 0.05) is 24.2 Å². The van der Waals surface area contributed by atoms with E-state index in [1.54, 1.807) is 4.90 Å². The molecule has 2 fully saturated rings. The maximum Gasteiger partial charge on any atom is 0.276 e. The third-order valence-corrected chi connectivity index (χ3v) is 6.26. The summed E-state index contributed by atoms with van der Waals surface area (Å²) in [6, 6.07) is 4.12. The number of nitrogens with one attached hydrogen (secondary N) is 1. The SMILES string of the molecule is CC(C)C[C@H]1C(=O)N[C@@H](C2CCCC2)CN1C(=O)c1cc(-c2ccc(F)c(F)c2)on1. The molecule has 1 N–H and O–H groups in total. The molecule has 1 aliphatic heterocycles. The van der Waals surface area contributed by atoms with E-state index in [2.05, 4.69) is 10.5 Å². The number of benzene rings is 1. The highest BCUT2D eigenvalue weighted by atomic mass is 19.2. The van der Waals surface area contributed by atoms with E-state index >= 15 is 0 Å². The normalized spacial score (nSPS) is 22.2. The Morgan fingerprint density at radius 2 is 1.97 bits per heavy atom. The van der Waals surface area contributed by atoms with Gasteiger partial charge in [-0.1, -0.05) is 31.8 Å². The lowest BCUT2D eigenvalue weighted by Crippen LogP contribution is -2.63. The minimum atomic E-state index is -1.01. The highest BCUT2D eigenvalue weighted by molar-refractivity contribution is 5.97. The lowest BCUT2D eigenvalue weighted by molar-refractivity contribution is -0.130. The van der Waals surface area contributed by atoms with Crippen molar-refractivity contribution >= 4 is 11.8 Å². The van der Waals surface area contributed by atoms with Crippen LogP contribution in [-0.4, -0.2) is 40.5 Å². The van der Waals surface area contributed by atoms with Gasteiger partial charge in [-0.25, -0.2) is 8.78 Å². The molecule has 8 heteroatoms. The van der Waals surface area contributed by atoms with Gasteiger partial charge in [-0.15, -0.1) is 0 Å². The Morgan fingerprint density at radius 3 is 2.65 bits per heavy atom. The highest BCUT2D eigenvalue weighted by Crippen LogP contribution is 2.31. The molecule has 1 saturated carbocycles. The van der Waals surface area contributed by atoms with E-state index < -0.39 is 17.7 Å². The van der Waals surface area contributed by atoms with Crippen molar-refractivity contribution in [3.8, 4) is 11.3 Å². The molecular weight excluding hydrogens is 404 g/mol. The molecule has 6 nitrogen and oxygen atoms in total. The van der Waals surface area contributed by atoms with Crippen LogP contribution >= 0.6 is 0 Å². The molecular formula is C23H27F2N3O3. The largest absolute Gasteiger partial charge is 0.355 e. The van der Waals surface area contributed by atoms with Crippen LogP contribution < -0.4 is 5.32 Å². The molecule has 1 saturated heterocycles. The van der Waals surface area contributed by atoms with Crippen LogP contribution in [0.3, 0.4) is 0 Å². The first-order valence-corrected chi connectivity index (χ1v) is 10.9. The van der Waals surface area contributed by atoms with E-state index in [0.717, 1.165) is 37.8 Å². The Hall–Kier alpha value is -2.77. The van der Waals surface area contributed by atoms with Crippen LogP contribution in [0.1, 0.15) is 56.4 Å². The number of piperazine rings is 1. The van der Waals surface area contributed by atoms with Crippen LogP contribution in [0.25, 0.3) is 11.3 Å². The van der Waals surface area contributed by atoms with Crippen molar-refractivity contribution < 1.29 is 22.9 Å². The zero-order valence-corrected chi connectivity index (χ0v) is 17.7. The maximum atomic E-state index is 13.6. The zero-order valence-electron chi connectivity index (χ0n) is 17.7. The number of aromatic nitrogens is 1. The summed E-state index contributed by atoms with van der Waals surface area (Å²) in [7, 11) is 0. The van der Waals surface area contributed by atoms with Gasteiger partial charge >= 0.3 is 0 Å². The topological polar surface area (TPSA) is 75.4 Å². The van der Waals surface area contributed by atoms with Gasteiger partial charge in [-0.3, -0.25) is 9.59 Å². The number of hydrogen-bond donors (Lipinski definition) is 1. The minimum Gasteiger partial charge on any atom is -0.355 e. The maximum absolute atomic E-state index is 13.6. The van der Waals surface area contributed by atoms with Crippen LogP contribution in [0.2, 0.25) is 0 Å². The van der Waals surface area contributed by atoms with Crippen molar-refractivity contribution in [3.05, 3.63) is 41.6 Å². The number of carbonyl (C=O) groups is 2. The second-order valence-electron chi connectivity index (χ2n) is 8.97. The summed E-state index contributed by atoms with van der Waals surface area (Å²) in [5, 5.41) is 7.01. The summed E-state index contributed by atoms with van der Waals surface area (Å²) in [4.78, 5) is 27.9. The van der Waals surface area contributed by atoms with Gasteiger partial charge < -0.3 is 14.7 Å². The van der Waals surface area contributed by atoms with Crippen molar-refractivity contribution in [3.63, 3.8) is 0 Å². The quantitative estimate of drug-likeness (QED) is 0.771. The van der Waals surface area contributed by atoms with Crippen molar-refractivity contribution in [2.24, 2.45) is 11.8 Å². The molecule has 4 rings (SSSR count). The second kappa shape index (κ2) is 8.77. The lowest BCUT2D eigenvalue weighted by Gasteiger charge is -2.41. The van der Waals surface area contributed by atoms with Crippen molar-refractivity contribution in [2.45, 2.75) is 58.0 Å². The fraction of sp³-hybridized carbons (Fsp3) is 0.522. The summed E-state index contributed by atoms with van der Waals surface area (Å²) in [5.41, 5.74) is 0.331. The first kappa shape index (κ1) is 21.5. The molecule has 2 amide bonds. The molecule has 0 bridgehead atoms. The summed E-state index contributed by atoms with van der Waals surface area (Å²) in [6.07, 6.45) is 4.92. The van der Waals surface area contributed by atoms with Crippen molar-refractivity contribution in [1.82, 2.24) is 15.4 Å². The van der Waals surface area contributed by atoms with E-state index in [0.29, 0.717) is 18.9 Å². The molecule has 31 heavy (non-hydrogen) atoms. The fourth-order valence-corrected chi connectivity index (χ4v) is 4.65.